The van der Waals surface area contributed by atoms with Crippen molar-refractivity contribution < 1.29 is 9.59 Å². The van der Waals surface area contributed by atoms with Gasteiger partial charge in [-0.1, -0.05) is 44.2 Å². The Balaban J connectivity index is 1.44. The quantitative estimate of drug-likeness (QED) is 0.225. The van der Waals surface area contributed by atoms with Crippen LogP contribution in [-0.4, -0.2) is 41.0 Å². The maximum absolute atomic E-state index is 13.7. The second-order valence-electron chi connectivity index (χ2n) is 12.1. The summed E-state index contributed by atoms with van der Waals surface area (Å²) in [6, 6.07) is 20.6. The number of carbonyl (C=O) groups excluding carboxylic acids is 2. The first-order valence-electron chi connectivity index (χ1n) is 15.3. The van der Waals surface area contributed by atoms with Gasteiger partial charge >= 0.3 is 0 Å². The molecular formula is C35H41N7O3. The van der Waals surface area contributed by atoms with Crippen LogP contribution in [-0.2, 0) is 11.8 Å². The van der Waals surface area contributed by atoms with Crippen LogP contribution in [0.5, 0.6) is 0 Å². The highest BCUT2D eigenvalue weighted by molar-refractivity contribution is 6.07. The molecule has 2 amide bonds. The van der Waals surface area contributed by atoms with E-state index in [1.165, 1.54) is 4.57 Å². The summed E-state index contributed by atoms with van der Waals surface area (Å²) in [6.07, 6.45) is 3.09. The molecule has 3 aromatic carbocycles. The Kier molecular flexibility index (Phi) is 9.22. The highest BCUT2D eigenvalue weighted by Crippen LogP contribution is 2.33. The third-order valence-corrected chi connectivity index (χ3v) is 8.28. The van der Waals surface area contributed by atoms with Crippen LogP contribution in [0.4, 0.5) is 28.6 Å². The van der Waals surface area contributed by atoms with Crippen LogP contribution in [0.15, 0.2) is 77.7 Å². The summed E-state index contributed by atoms with van der Waals surface area (Å²) in [4.78, 5) is 47.1. The van der Waals surface area contributed by atoms with Crippen molar-refractivity contribution in [1.82, 2.24) is 9.55 Å². The van der Waals surface area contributed by atoms with Gasteiger partial charge < -0.3 is 31.2 Å². The minimum absolute atomic E-state index is 0.0707. The van der Waals surface area contributed by atoms with Gasteiger partial charge in [-0.25, -0.2) is 4.98 Å². The number of anilines is 5. The zero-order valence-corrected chi connectivity index (χ0v) is 26.3. The standard InChI is InChI=1S/C35H41N7O3/c1-22(2)20-42(34(44)25-9-6-5-7-10-25)30-12-8-11-27(23(30)3)29-21-40(4)35(45)33(39-29)38-26-13-14-31(28(36)19-26)41-17-15-24(16-18-41)32(37)43/h5-14,19,21-22,24H,15-18,20,36H2,1-4H3,(H2,37,43)(H,38,39). The topological polar surface area (TPSA) is 140 Å². The van der Waals surface area contributed by atoms with Crippen LogP contribution in [0.25, 0.3) is 11.3 Å². The van der Waals surface area contributed by atoms with Crippen molar-refractivity contribution in [1.29, 1.82) is 0 Å². The Morgan fingerprint density at radius 1 is 1.04 bits per heavy atom. The Bertz CT molecular complexity index is 1760. The molecule has 1 saturated heterocycles. The third kappa shape index (κ3) is 6.85. The maximum atomic E-state index is 13.7. The normalized spacial score (nSPS) is 13.6. The number of primary amides is 1. The number of amides is 2. The van der Waals surface area contributed by atoms with Gasteiger partial charge in [0, 0.05) is 61.3 Å². The first kappa shape index (κ1) is 31.3. The van der Waals surface area contributed by atoms with Crippen LogP contribution in [0.1, 0.15) is 42.6 Å². The number of aromatic nitrogens is 2. The van der Waals surface area contributed by atoms with Crippen LogP contribution < -0.4 is 32.1 Å². The maximum Gasteiger partial charge on any atom is 0.293 e. The molecule has 0 atom stereocenters. The first-order valence-corrected chi connectivity index (χ1v) is 15.3. The summed E-state index contributed by atoms with van der Waals surface area (Å²) in [7, 11) is 1.69. The highest BCUT2D eigenvalue weighted by atomic mass is 16.2. The van der Waals surface area contributed by atoms with E-state index in [0.29, 0.717) is 55.1 Å². The average Bonchev–Trinajstić information content (AvgIpc) is 3.02. The third-order valence-electron chi connectivity index (χ3n) is 8.28. The number of hydrogen-bond acceptors (Lipinski definition) is 7. The van der Waals surface area contributed by atoms with E-state index in [1.807, 2.05) is 72.5 Å². The van der Waals surface area contributed by atoms with Crippen molar-refractivity contribution in [2.75, 3.05) is 40.5 Å². The number of nitrogens with two attached hydrogens (primary N) is 2. The summed E-state index contributed by atoms with van der Waals surface area (Å²) in [6.45, 7) is 8.08. The van der Waals surface area contributed by atoms with Gasteiger partial charge in [-0.3, -0.25) is 14.4 Å². The van der Waals surface area contributed by atoms with Gasteiger partial charge in [0.05, 0.1) is 17.1 Å². The molecule has 2 heterocycles. The number of benzene rings is 3. The number of hydrogen-bond donors (Lipinski definition) is 3. The van der Waals surface area contributed by atoms with E-state index in [2.05, 4.69) is 24.1 Å². The molecule has 0 aliphatic carbocycles. The number of carbonyl (C=O) groups is 2. The smallest absolute Gasteiger partial charge is 0.293 e. The number of aryl methyl sites for hydroxylation is 1. The Morgan fingerprint density at radius 3 is 2.40 bits per heavy atom. The molecular weight excluding hydrogens is 566 g/mol. The number of nitrogens with one attached hydrogen (secondary N) is 1. The SMILES string of the molecule is Cc1c(-c2cn(C)c(=O)c(Nc3ccc(N4CCC(C(N)=O)CC4)c(N)c3)n2)cccc1N(CC(C)C)C(=O)c1ccccc1. The van der Waals surface area contributed by atoms with E-state index in [9.17, 15) is 14.4 Å². The number of rotatable bonds is 9. The molecule has 5 rings (SSSR count). The van der Waals surface area contributed by atoms with E-state index < -0.39 is 0 Å². The lowest BCUT2D eigenvalue weighted by molar-refractivity contribution is -0.122. The van der Waals surface area contributed by atoms with Gasteiger partial charge in [-0.15, -0.1) is 0 Å². The lowest BCUT2D eigenvalue weighted by atomic mass is 9.96. The van der Waals surface area contributed by atoms with E-state index in [0.717, 1.165) is 22.5 Å². The molecule has 0 spiro atoms. The van der Waals surface area contributed by atoms with Gasteiger partial charge in [0.25, 0.3) is 11.5 Å². The molecule has 0 radical (unpaired) electrons. The van der Waals surface area contributed by atoms with Gasteiger partial charge in [-0.05, 0) is 67.6 Å². The zero-order valence-electron chi connectivity index (χ0n) is 26.3. The van der Waals surface area contributed by atoms with Gasteiger partial charge in [0.15, 0.2) is 5.82 Å². The number of nitrogen functional groups attached to an aromatic ring is 1. The monoisotopic (exact) mass is 607 g/mol. The van der Waals surface area contributed by atoms with Crippen molar-refractivity contribution in [2.24, 2.45) is 24.6 Å². The fourth-order valence-electron chi connectivity index (χ4n) is 5.87. The summed E-state index contributed by atoms with van der Waals surface area (Å²) in [5.74, 6) is -0.0286. The summed E-state index contributed by atoms with van der Waals surface area (Å²) >= 11 is 0. The van der Waals surface area contributed by atoms with Crippen molar-refractivity contribution in [3.63, 3.8) is 0 Å². The minimum Gasteiger partial charge on any atom is -0.397 e. The van der Waals surface area contributed by atoms with Gasteiger partial charge in [0.1, 0.15) is 0 Å². The summed E-state index contributed by atoms with van der Waals surface area (Å²) in [5, 5.41) is 3.17. The zero-order chi connectivity index (χ0) is 32.2. The molecule has 10 heteroatoms. The Morgan fingerprint density at radius 2 is 1.76 bits per heavy atom. The van der Waals surface area contributed by atoms with Gasteiger partial charge in [0.2, 0.25) is 5.91 Å². The molecule has 4 aromatic rings. The predicted octanol–water partition coefficient (Wildman–Crippen LogP) is 5.09. The largest absolute Gasteiger partial charge is 0.397 e. The molecule has 1 aromatic heterocycles. The fraction of sp³-hybridized carbons (Fsp3) is 0.314. The lowest BCUT2D eigenvalue weighted by Gasteiger charge is -2.33. The number of nitrogens with zero attached hydrogens (tertiary/aromatic N) is 4. The van der Waals surface area contributed by atoms with E-state index in [4.69, 9.17) is 16.5 Å². The molecule has 5 N–H and O–H groups in total. The van der Waals surface area contributed by atoms with Crippen LogP contribution in [0, 0.1) is 18.8 Å². The summed E-state index contributed by atoms with van der Waals surface area (Å²) in [5.41, 5.74) is 17.4. The van der Waals surface area contributed by atoms with Crippen molar-refractivity contribution in [2.45, 2.75) is 33.6 Å². The van der Waals surface area contributed by atoms with Crippen LogP contribution in [0.3, 0.4) is 0 Å². The number of piperidine rings is 1. The molecule has 1 aliphatic rings. The van der Waals surface area contributed by atoms with Crippen LogP contribution >= 0.6 is 0 Å². The average molecular weight is 608 g/mol. The van der Waals surface area contributed by atoms with Crippen molar-refractivity contribution in [3.05, 3.63) is 94.4 Å². The Labute approximate surface area is 263 Å². The van der Waals surface area contributed by atoms with E-state index in [1.54, 1.807) is 19.3 Å². The van der Waals surface area contributed by atoms with Crippen molar-refractivity contribution in [3.8, 4) is 11.3 Å². The van der Waals surface area contributed by atoms with Crippen molar-refractivity contribution >= 4 is 40.4 Å². The second kappa shape index (κ2) is 13.3. The lowest BCUT2D eigenvalue weighted by Crippen LogP contribution is -2.38. The second-order valence-corrected chi connectivity index (χ2v) is 12.1. The predicted molar refractivity (Wildman–Crippen MR) is 181 cm³/mol. The summed E-state index contributed by atoms with van der Waals surface area (Å²) < 4.78 is 1.50. The molecule has 10 nitrogen and oxygen atoms in total. The molecule has 234 valence electrons. The molecule has 1 fully saturated rings. The Hall–Kier alpha value is -5.12. The molecule has 0 saturated carbocycles. The molecule has 0 unspecified atom stereocenters. The van der Waals surface area contributed by atoms with E-state index >= 15 is 0 Å². The fourth-order valence-corrected chi connectivity index (χ4v) is 5.87. The first-order chi connectivity index (χ1) is 21.5. The van der Waals surface area contributed by atoms with Gasteiger partial charge in [-0.2, -0.15) is 0 Å². The molecule has 45 heavy (non-hydrogen) atoms. The van der Waals surface area contributed by atoms with Crippen LogP contribution in [0.2, 0.25) is 0 Å². The highest BCUT2D eigenvalue weighted by Gasteiger charge is 2.25. The molecule has 0 bridgehead atoms. The molecule has 1 aliphatic heterocycles. The van der Waals surface area contributed by atoms with E-state index in [-0.39, 0.29) is 35.0 Å². The minimum atomic E-state index is -0.288.